The lowest BCUT2D eigenvalue weighted by Gasteiger charge is -2.18. The Hall–Kier alpha value is -4.20. The summed E-state index contributed by atoms with van der Waals surface area (Å²) in [7, 11) is 0. The molecule has 1 heterocycles. The predicted octanol–water partition coefficient (Wildman–Crippen LogP) is 3.99. The van der Waals surface area contributed by atoms with Crippen LogP contribution in [0.4, 0.5) is 10.5 Å². The molecule has 3 aromatic rings. The minimum absolute atomic E-state index is 0.0458. The van der Waals surface area contributed by atoms with Gasteiger partial charge in [0.25, 0.3) is 5.91 Å². The molecule has 168 valence electrons. The van der Waals surface area contributed by atoms with Gasteiger partial charge >= 0.3 is 12.1 Å². The molecule has 0 aliphatic heterocycles. The first-order valence-electron chi connectivity index (χ1n) is 10.6. The van der Waals surface area contributed by atoms with Gasteiger partial charge in [-0.1, -0.05) is 48.5 Å². The van der Waals surface area contributed by atoms with E-state index < -0.39 is 24.5 Å². The minimum atomic E-state index is -1.10. The van der Waals surface area contributed by atoms with Gasteiger partial charge in [-0.3, -0.25) is 14.9 Å². The number of carbonyl (C=O) groups is 3. The van der Waals surface area contributed by atoms with Crippen molar-refractivity contribution in [3.8, 4) is 11.1 Å². The van der Waals surface area contributed by atoms with Crippen LogP contribution in [0.15, 0.2) is 66.9 Å². The number of carboxylic acids is 1. The Morgan fingerprint density at radius 1 is 1.00 bits per heavy atom. The second-order valence-corrected chi connectivity index (χ2v) is 7.60. The molecule has 1 aliphatic carbocycles. The summed E-state index contributed by atoms with van der Waals surface area (Å²) < 4.78 is 5.50. The molecule has 2 aromatic carbocycles. The molecule has 0 bridgehead atoms. The number of nitrogens with zero attached hydrogens (tertiary/aromatic N) is 2. The Bertz CT molecular complexity index is 1150. The van der Waals surface area contributed by atoms with Gasteiger partial charge in [0, 0.05) is 12.5 Å². The minimum Gasteiger partial charge on any atom is -0.480 e. The molecule has 2 amide bonds. The van der Waals surface area contributed by atoms with Gasteiger partial charge in [0.1, 0.15) is 18.8 Å². The quantitative estimate of drug-likeness (QED) is 0.569. The first-order chi connectivity index (χ1) is 16.0. The van der Waals surface area contributed by atoms with E-state index in [1.54, 1.807) is 6.92 Å². The zero-order valence-electron chi connectivity index (χ0n) is 18.0. The third-order valence-electron chi connectivity index (χ3n) is 5.57. The maximum atomic E-state index is 12.4. The second-order valence-electron chi connectivity index (χ2n) is 7.60. The average Bonchev–Trinajstić information content (AvgIpc) is 3.15. The highest BCUT2D eigenvalue weighted by atomic mass is 16.5. The van der Waals surface area contributed by atoms with E-state index in [0.29, 0.717) is 5.69 Å². The van der Waals surface area contributed by atoms with E-state index in [-0.39, 0.29) is 24.8 Å². The summed E-state index contributed by atoms with van der Waals surface area (Å²) in [5, 5.41) is 11.5. The largest absolute Gasteiger partial charge is 0.480 e. The van der Waals surface area contributed by atoms with Crippen LogP contribution in [0.3, 0.4) is 0 Å². The number of anilines is 1. The van der Waals surface area contributed by atoms with Crippen LogP contribution in [0.5, 0.6) is 0 Å². The molecule has 0 fully saturated rings. The van der Waals surface area contributed by atoms with Gasteiger partial charge < -0.3 is 14.7 Å². The predicted molar refractivity (Wildman–Crippen MR) is 122 cm³/mol. The van der Waals surface area contributed by atoms with Crippen LogP contribution in [0.25, 0.3) is 11.1 Å². The van der Waals surface area contributed by atoms with Crippen LogP contribution in [-0.4, -0.2) is 52.7 Å². The first kappa shape index (κ1) is 22.0. The second kappa shape index (κ2) is 9.52. The highest BCUT2D eigenvalue weighted by Crippen LogP contribution is 2.44. The van der Waals surface area contributed by atoms with Crippen molar-refractivity contribution in [3.05, 3.63) is 83.7 Å². The number of amides is 2. The van der Waals surface area contributed by atoms with E-state index in [9.17, 15) is 14.4 Å². The number of pyridine rings is 1. The number of likely N-dealkylation sites (N-methyl/N-ethyl adjacent to an activating group) is 1. The molecule has 8 heteroatoms. The third-order valence-corrected chi connectivity index (χ3v) is 5.57. The van der Waals surface area contributed by atoms with Crippen LogP contribution in [0, 0.1) is 0 Å². The van der Waals surface area contributed by atoms with Gasteiger partial charge in [0.05, 0.1) is 11.9 Å². The lowest BCUT2D eigenvalue weighted by Crippen LogP contribution is -2.35. The number of hydrogen-bond acceptors (Lipinski definition) is 5. The van der Waals surface area contributed by atoms with Crippen LogP contribution in [0.2, 0.25) is 0 Å². The summed E-state index contributed by atoms with van der Waals surface area (Å²) in [4.78, 5) is 40.9. The van der Waals surface area contributed by atoms with E-state index in [4.69, 9.17) is 9.84 Å². The number of aromatic nitrogens is 1. The molecule has 1 aliphatic rings. The lowest BCUT2D eigenvalue weighted by atomic mass is 9.98. The number of carbonyl (C=O) groups excluding carboxylic acids is 2. The van der Waals surface area contributed by atoms with E-state index in [0.717, 1.165) is 22.3 Å². The zero-order valence-corrected chi connectivity index (χ0v) is 18.0. The fourth-order valence-electron chi connectivity index (χ4n) is 4.00. The summed E-state index contributed by atoms with van der Waals surface area (Å²) in [6.07, 6.45) is 0.710. The summed E-state index contributed by atoms with van der Waals surface area (Å²) >= 11 is 0. The Kier molecular flexibility index (Phi) is 6.35. The maximum Gasteiger partial charge on any atom is 0.411 e. The molecule has 2 N–H and O–H groups in total. The van der Waals surface area contributed by atoms with Crippen LogP contribution in [0.1, 0.15) is 34.5 Å². The fraction of sp³-hybridized carbons (Fsp3) is 0.200. The Morgan fingerprint density at radius 3 is 2.18 bits per heavy atom. The fourth-order valence-corrected chi connectivity index (χ4v) is 4.00. The van der Waals surface area contributed by atoms with E-state index >= 15 is 0 Å². The molecule has 33 heavy (non-hydrogen) atoms. The monoisotopic (exact) mass is 445 g/mol. The average molecular weight is 445 g/mol. The van der Waals surface area contributed by atoms with Gasteiger partial charge in [0.2, 0.25) is 0 Å². The molecule has 0 saturated carbocycles. The first-order valence-corrected chi connectivity index (χ1v) is 10.6. The van der Waals surface area contributed by atoms with Crippen LogP contribution >= 0.6 is 0 Å². The van der Waals surface area contributed by atoms with Crippen LogP contribution in [-0.2, 0) is 9.53 Å². The van der Waals surface area contributed by atoms with Crippen molar-refractivity contribution in [1.82, 2.24) is 9.88 Å². The highest BCUT2D eigenvalue weighted by Gasteiger charge is 2.29. The Balaban J connectivity index is 1.38. The number of carboxylic acid groups (broad SMARTS) is 1. The normalized spacial score (nSPS) is 11.9. The molecule has 8 nitrogen and oxygen atoms in total. The summed E-state index contributed by atoms with van der Waals surface area (Å²) in [6, 6.07) is 19.1. The van der Waals surface area contributed by atoms with Gasteiger partial charge in [-0.05, 0) is 41.3 Å². The van der Waals surface area contributed by atoms with E-state index in [2.05, 4.69) is 22.4 Å². The topological polar surface area (TPSA) is 109 Å². The Morgan fingerprint density at radius 2 is 1.64 bits per heavy atom. The summed E-state index contributed by atoms with van der Waals surface area (Å²) in [5.74, 6) is -1.64. The number of rotatable bonds is 7. The van der Waals surface area contributed by atoms with E-state index in [1.807, 2.05) is 36.4 Å². The van der Waals surface area contributed by atoms with Gasteiger partial charge in [-0.15, -0.1) is 0 Å². The highest BCUT2D eigenvalue weighted by molar-refractivity contribution is 5.94. The summed E-state index contributed by atoms with van der Waals surface area (Å²) in [6.45, 7) is 1.71. The SMILES string of the molecule is CCN(CC(=O)O)C(=O)c1ccc(NC(=O)OCC2c3ccccc3-c3ccccc32)cn1. The van der Waals surface area contributed by atoms with Gasteiger partial charge in [0.15, 0.2) is 0 Å². The molecular weight excluding hydrogens is 422 g/mol. The third kappa shape index (κ3) is 4.69. The number of hydrogen-bond donors (Lipinski definition) is 2. The molecule has 0 spiro atoms. The van der Waals surface area contributed by atoms with Crippen molar-refractivity contribution in [2.75, 3.05) is 25.0 Å². The number of fused-ring (bicyclic) bond motifs is 3. The van der Waals surface area contributed by atoms with Crippen molar-refractivity contribution in [2.45, 2.75) is 12.8 Å². The molecular formula is C25H23N3O5. The number of nitrogens with one attached hydrogen (secondary N) is 1. The van der Waals surface area contributed by atoms with Crippen molar-refractivity contribution in [1.29, 1.82) is 0 Å². The van der Waals surface area contributed by atoms with Gasteiger partial charge in [-0.2, -0.15) is 0 Å². The standard InChI is InChI=1S/C25H23N3O5/c1-2-28(14-23(29)30)24(31)22-12-11-16(13-26-22)27-25(32)33-15-21-19-9-5-3-7-17(19)18-8-4-6-10-20(18)21/h3-13,21H,2,14-15H2,1H3,(H,27,32)(H,29,30). The summed E-state index contributed by atoms with van der Waals surface area (Å²) in [5.41, 5.74) is 5.00. The molecule has 0 unspecified atom stereocenters. The van der Waals surface area contributed by atoms with Gasteiger partial charge in [-0.25, -0.2) is 9.78 Å². The van der Waals surface area contributed by atoms with Crippen LogP contribution < -0.4 is 5.32 Å². The molecule has 0 atom stereocenters. The Labute approximate surface area is 190 Å². The van der Waals surface area contributed by atoms with Crippen molar-refractivity contribution >= 4 is 23.7 Å². The molecule has 0 saturated heterocycles. The smallest absolute Gasteiger partial charge is 0.411 e. The van der Waals surface area contributed by atoms with Crippen molar-refractivity contribution in [2.24, 2.45) is 0 Å². The number of benzene rings is 2. The number of ether oxygens (including phenoxy) is 1. The molecule has 4 rings (SSSR count). The van der Waals surface area contributed by atoms with Crippen molar-refractivity contribution < 1.29 is 24.2 Å². The lowest BCUT2D eigenvalue weighted by molar-refractivity contribution is -0.137. The maximum absolute atomic E-state index is 12.4. The van der Waals surface area contributed by atoms with E-state index in [1.165, 1.54) is 23.2 Å². The molecule has 1 aromatic heterocycles. The zero-order chi connectivity index (χ0) is 23.4. The molecule has 0 radical (unpaired) electrons. The van der Waals surface area contributed by atoms with Crippen molar-refractivity contribution in [3.63, 3.8) is 0 Å². The number of aliphatic carboxylic acids is 1.